The van der Waals surface area contributed by atoms with Gasteiger partial charge >= 0.3 is 0 Å². The molecule has 2 fully saturated rings. The van der Waals surface area contributed by atoms with E-state index in [0.717, 1.165) is 12.2 Å². The molecule has 3 heterocycles. The molecule has 3 rings (SSSR count). The van der Waals surface area contributed by atoms with Gasteiger partial charge in [0, 0.05) is 6.42 Å². The van der Waals surface area contributed by atoms with Crippen molar-refractivity contribution in [1.82, 2.24) is 5.06 Å². The van der Waals surface area contributed by atoms with Gasteiger partial charge in [-0.15, -0.1) is 5.06 Å². The molecule has 0 aromatic rings. The Morgan fingerprint density at radius 3 is 3.00 bits per heavy atom. The van der Waals surface area contributed by atoms with Crippen LogP contribution in [0, 0.1) is 0 Å². The van der Waals surface area contributed by atoms with Crippen molar-refractivity contribution in [2.45, 2.75) is 44.4 Å². The second-order valence-electron chi connectivity index (χ2n) is 4.78. The van der Waals surface area contributed by atoms with E-state index in [2.05, 4.69) is 0 Å². The number of hydrogen-bond acceptors (Lipinski definition) is 5. The molecule has 0 amide bonds. The number of ether oxygens (including phenoxy) is 3. The number of rotatable bonds is 1. The summed E-state index contributed by atoms with van der Waals surface area (Å²) in [6, 6.07) is 0.129. The second kappa shape index (κ2) is 3.43. The molecule has 0 spiro atoms. The Bertz CT molecular complexity index is 328. The molecule has 0 aromatic carbocycles. The van der Waals surface area contributed by atoms with Crippen LogP contribution in [0.3, 0.4) is 0 Å². The molecule has 1 unspecified atom stereocenters. The highest BCUT2D eigenvalue weighted by Gasteiger charge is 2.54. The molecular weight excluding hydrogens is 210 g/mol. The highest BCUT2D eigenvalue weighted by Crippen LogP contribution is 2.42. The number of nitrogens with zero attached hydrogens (tertiary/aromatic N) is 1. The summed E-state index contributed by atoms with van der Waals surface area (Å²) in [6.45, 7) is 4.39. The van der Waals surface area contributed by atoms with Crippen LogP contribution in [-0.2, 0) is 19.0 Å². The summed E-state index contributed by atoms with van der Waals surface area (Å²) in [5.74, 6) is 0.434. The van der Waals surface area contributed by atoms with E-state index in [9.17, 15) is 0 Å². The van der Waals surface area contributed by atoms with Crippen molar-refractivity contribution in [1.29, 1.82) is 0 Å². The van der Waals surface area contributed by atoms with E-state index in [1.807, 2.05) is 25.0 Å². The monoisotopic (exact) mass is 227 g/mol. The highest BCUT2D eigenvalue weighted by atomic mass is 16.8. The maximum absolute atomic E-state index is 5.83. The molecule has 0 aromatic heterocycles. The van der Waals surface area contributed by atoms with Crippen molar-refractivity contribution in [3.8, 4) is 0 Å². The number of hydrogen-bond donors (Lipinski definition) is 0. The summed E-state index contributed by atoms with van der Waals surface area (Å²) >= 11 is 0. The topological polar surface area (TPSA) is 40.2 Å². The van der Waals surface area contributed by atoms with Crippen LogP contribution in [0.1, 0.15) is 20.3 Å². The molecule has 3 atom stereocenters. The number of fused-ring (bicyclic) bond motifs is 3. The molecule has 0 bridgehead atoms. The van der Waals surface area contributed by atoms with Crippen molar-refractivity contribution in [3.63, 3.8) is 0 Å². The molecule has 2 saturated heterocycles. The number of hydroxylamine groups is 2. The van der Waals surface area contributed by atoms with Crippen molar-refractivity contribution in [2.75, 3.05) is 13.7 Å². The average molecular weight is 227 g/mol. The van der Waals surface area contributed by atoms with Gasteiger partial charge in [-0.2, -0.15) is 0 Å². The normalized spacial score (nSPS) is 41.4. The molecule has 3 aliphatic heterocycles. The fourth-order valence-corrected chi connectivity index (χ4v) is 2.66. The lowest BCUT2D eigenvalue weighted by atomic mass is 10.1. The molecule has 0 aliphatic carbocycles. The summed E-state index contributed by atoms with van der Waals surface area (Å²) in [4.78, 5) is 5.61. The third kappa shape index (κ3) is 1.47. The van der Waals surface area contributed by atoms with E-state index >= 15 is 0 Å². The second-order valence-corrected chi connectivity index (χ2v) is 4.78. The summed E-state index contributed by atoms with van der Waals surface area (Å²) in [6.07, 6.45) is 2.77. The van der Waals surface area contributed by atoms with Crippen LogP contribution < -0.4 is 0 Å². The molecule has 3 aliphatic rings. The summed E-state index contributed by atoms with van der Waals surface area (Å²) in [7, 11) is 1.69. The first kappa shape index (κ1) is 10.5. The minimum absolute atomic E-state index is 0.0663. The van der Waals surface area contributed by atoms with Gasteiger partial charge in [0.15, 0.2) is 12.0 Å². The maximum Gasteiger partial charge on any atom is 0.165 e. The predicted molar refractivity (Wildman–Crippen MR) is 55.1 cm³/mol. The van der Waals surface area contributed by atoms with E-state index in [-0.39, 0.29) is 18.4 Å². The van der Waals surface area contributed by atoms with E-state index in [0.29, 0.717) is 6.61 Å². The van der Waals surface area contributed by atoms with E-state index in [1.165, 1.54) is 0 Å². The Morgan fingerprint density at radius 1 is 1.44 bits per heavy atom. The summed E-state index contributed by atoms with van der Waals surface area (Å²) in [5.41, 5.74) is 0. The van der Waals surface area contributed by atoms with E-state index < -0.39 is 5.79 Å². The van der Waals surface area contributed by atoms with Crippen molar-refractivity contribution in [2.24, 2.45) is 0 Å². The fraction of sp³-hybridized carbons (Fsp3) is 0.818. The first-order valence-corrected chi connectivity index (χ1v) is 5.62. The van der Waals surface area contributed by atoms with E-state index in [4.69, 9.17) is 19.0 Å². The van der Waals surface area contributed by atoms with Crippen LogP contribution in [0.15, 0.2) is 11.8 Å². The molecule has 0 saturated carbocycles. The van der Waals surface area contributed by atoms with Gasteiger partial charge in [0.1, 0.15) is 11.9 Å². The van der Waals surface area contributed by atoms with Gasteiger partial charge < -0.3 is 14.2 Å². The molecular formula is C11H17NO4. The molecule has 0 N–H and O–H groups in total. The lowest BCUT2D eigenvalue weighted by molar-refractivity contribution is -0.268. The van der Waals surface area contributed by atoms with Gasteiger partial charge in [-0.05, 0) is 19.9 Å². The Kier molecular flexibility index (Phi) is 2.26. The Balaban J connectivity index is 1.82. The molecule has 16 heavy (non-hydrogen) atoms. The zero-order valence-corrected chi connectivity index (χ0v) is 9.80. The Hall–Kier alpha value is -0.620. The van der Waals surface area contributed by atoms with Gasteiger partial charge in [-0.3, -0.25) is 4.84 Å². The highest BCUT2D eigenvalue weighted by molar-refractivity contribution is 5.11. The van der Waals surface area contributed by atoms with Crippen molar-refractivity contribution in [3.05, 3.63) is 11.8 Å². The lowest BCUT2D eigenvalue weighted by Crippen LogP contribution is -2.43. The minimum Gasteiger partial charge on any atom is -0.500 e. The molecule has 5 nitrogen and oxygen atoms in total. The average Bonchev–Trinajstić information content (AvgIpc) is 2.69. The van der Waals surface area contributed by atoms with Crippen molar-refractivity contribution < 1.29 is 19.0 Å². The summed E-state index contributed by atoms with van der Waals surface area (Å²) < 4.78 is 17.0. The van der Waals surface area contributed by atoms with E-state index in [1.54, 1.807) is 7.11 Å². The zero-order valence-electron chi connectivity index (χ0n) is 9.80. The third-order valence-electron chi connectivity index (χ3n) is 3.24. The predicted octanol–water partition coefficient (Wildman–Crippen LogP) is 1.01. The Morgan fingerprint density at radius 2 is 2.25 bits per heavy atom. The number of methoxy groups -OCH3 is 1. The van der Waals surface area contributed by atoms with Crippen LogP contribution in [0.2, 0.25) is 0 Å². The SMILES string of the molecule is COC1=CCON2C1C[C@@H]1OC(C)(C)O[C@@H]12. The largest absolute Gasteiger partial charge is 0.500 e. The van der Waals surface area contributed by atoms with Crippen molar-refractivity contribution >= 4 is 0 Å². The van der Waals surface area contributed by atoms with Crippen LogP contribution in [0.25, 0.3) is 0 Å². The zero-order chi connectivity index (χ0) is 11.3. The van der Waals surface area contributed by atoms with Crippen LogP contribution in [-0.4, -0.2) is 42.9 Å². The van der Waals surface area contributed by atoms with Crippen LogP contribution in [0.5, 0.6) is 0 Å². The lowest BCUT2D eigenvalue weighted by Gasteiger charge is -2.32. The maximum atomic E-state index is 5.83. The minimum atomic E-state index is -0.516. The standard InChI is InChI=1S/C11H17NO4/c1-11(2)15-9-6-7-8(13-3)4-5-14-12(7)10(9)16-11/h4,7,9-10H,5-6H2,1-3H3/t7?,9-,10-/m0/s1. The summed E-state index contributed by atoms with van der Waals surface area (Å²) in [5, 5.41) is 1.87. The van der Waals surface area contributed by atoms with Crippen LogP contribution in [0.4, 0.5) is 0 Å². The van der Waals surface area contributed by atoms with Crippen LogP contribution >= 0.6 is 0 Å². The fourth-order valence-electron chi connectivity index (χ4n) is 2.66. The Labute approximate surface area is 94.8 Å². The molecule has 90 valence electrons. The quantitative estimate of drug-likeness (QED) is 0.668. The van der Waals surface area contributed by atoms with Gasteiger partial charge in [-0.1, -0.05) is 0 Å². The third-order valence-corrected chi connectivity index (χ3v) is 3.24. The van der Waals surface area contributed by atoms with Gasteiger partial charge in [0.25, 0.3) is 0 Å². The first-order chi connectivity index (χ1) is 7.61. The first-order valence-electron chi connectivity index (χ1n) is 5.62. The smallest absolute Gasteiger partial charge is 0.165 e. The van der Waals surface area contributed by atoms with Gasteiger partial charge in [0.05, 0.1) is 19.8 Å². The van der Waals surface area contributed by atoms with Gasteiger partial charge in [-0.25, -0.2) is 0 Å². The molecule has 0 radical (unpaired) electrons. The molecule has 5 heteroatoms. The van der Waals surface area contributed by atoms with Gasteiger partial charge in [0.2, 0.25) is 0 Å².